The standard InChI is InChI=1S/C24H17F2N3/c1-15-2-6-17(7-3-15)23-21-14-29(13-16-4-8-18(25)9-5-16)22-11-10-19(26)12-20(22)24(21)28-27-23/h2-12,14H,13H2,1H3. The second-order valence-corrected chi connectivity index (χ2v) is 7.22. The van der Waals surface area contributed by atoms with Gasteiger partial charge in [-0.2, -0.15) is 0 Å². The van der Waals surface area contributed by atoms with Gasteiger partial charge in [-0.3, -0.25) is 0 Å². The number of halogens is 2. The molecule has 0 saturated heterocycles. The minimum absolute atomic E-state index is 0.271. The smallest absolute Gasteiger partial charge is 0.124 e. The number of aryl methyl sites for hydroxylation is 1. The Hall–Kier alpha value is -3.60. The first-order valence-corrected chi connectivity index (χ1v) is 9.35. The predicted molar refractivity (Wildman–Crippen MR) is 110 cm³/mol. The molecule has 0 fully saturated rings. The summed E-state index contributed by atoms with van der Waals surface area (Å²) in [5.41, 5.74) is 6.21. The van der Waals surface area contributed by atoms with E-state index in [2.05, 4.69) is 10.2 Å². The quantitative estimate of drug-likeness (QED) is 0.391. The van der Waals surface area contributed by atoms with Gasteiger partial charge in [0.25, 0.3) is 0 Å². The largest absolute Gasteiger partial charge is 0.342 e. The molecular weight excluding hydrogens is 368 g/mol. The van der Waals surface area contributed by atoms with E-state index in [0.29, 0.717) is 17.6 Å². The van der Waals surface area contributed by atoms with Gasteiger partial charge < -0.3 is 4.57 Å². The van der Waals surface area contributed by atoms with Crippen LogP contribution in [-0.4, -0.2) is 14.8 Å². The molecule has 5 heteroatoms. The fraction of sp³-hybridized carbons (Fsp3) is 0.0833. The van der Waals surface area contributed by atoms with Gasteiger partial charge in [0, 0.05) is 29.3 Å². The normalized spacial score (nSPS) is 11.4. The van der Waals surface area contributed by atoms with Crippen molar-refractivity contribution >= 4 is 10.9 Å². The van der Waals surface area contributed by atoms with Crippen molar-refractivity contribution in [2.75, 3.05) is 0 Å². The maximum atomic E-state index is 14.0. The van der Waals surface area contributed by atoms with E-state index >= 15 is 0 Å². The van der Waals surface area contributed by atoms with Crippen LogP contribution < -0.4 is 0 Å². The molecule has 142 valence electrons. The number of rotatable bonds is 3. The summed E-state index contributed by atoms with van der Waals surface area (Å²) >= 11 is 0. The maximum absolute atomic E-state index is 14.0. The zero-order chi connectivity index (χ0) is 20.0. The van der Waals surface area contributed by atoms with Gasteiger partial charge in [-0.1, -0.05) is 42.0 Å². The van der Waals surface area contributed by atoms with Crippen molar-refractivity contribution < 1.29 is 8.78 Å². The monoisotopic (exact) mass is 385 g/mol. The van der Waals surface area contributed by atoms with E-state index in [1.54, 1.807) is 18.2 Å². The zero-order valence-electron chi connectivity index (χ0n) is 15.7. The molecule has 0 atom stereocenters. The van der Waals surface area contributed by atoms with Gasteiger partial charge in [-0.05, 0) is 42.8 Å². The molecule has 0 spiro atoms. The van der Waals surface area contributed by atoms with Gasteiger partial charge in [-0.15, -0.1) is 10.2 Å². The Morgan fingerprint density at radius 2 is 1.48 bits per heavy atom. The Balaban J connectivity index is 1.73. The number of pyridine rings is 1. The summed E-state index contributed by atoms with van der Waals surface area (Å²) in [5, 5.41) is 9.47. The van der Waals surface area contributed by atoms with E-state index in [4.69, 9.17) is 0 Å². The SMILES string of the molecule is Cc1ccc(-c2nnc3c4cc(F)ccc4n(Cc4ccc(F)cc4)cc2-3)cc1. The number of aromatic nitrogens is 3. The number of hydrogen-bond acceptors (Lipinski definition) is 2. The first-order chi connectivity index (χ1) is 14.1. The van der Waals surface area contributed by atoms with E-state index in [1.165, 1.54) is 24.3 Å². The van der Waals surface area contributed by atoms with Crippen molar-refractivity contribution in [2.45, 2.75) is 13.5 Å². The molecule has 2 aliphatic rings. The molecule has 0 radical (unpaired) electrons. The minimum Gasteiger partial charge on any atom is -0.342 e. The van der Waals surface area contributed by atoms with Crippen molar-refractivity contribution in [1.82, 2.24) is 14.8 Å². The minimum atomic E-state index is -0.321. The average Bonchev–Trinajstić information content (AvgIpc) is 3.14. The van der Waals surface area contributed by atoms with Gasteiger partial charge in [-0.25, -0.2) is 8.78 Å². The van der Waals surface area contributed by atoms with E-state index in [-0.39, 0.29) is 11.6 Å². The van der Waals surface area contributed by atoms with E-state index in [9.17, 15) is 8.78 Å². The van der Waals surface area contributed by atoms with Crippen LogP contribution in [0.5, 0.6) is 0 Å². The van der Waals surface area contributed by atoms with Crippen LogP contribution in [-0.2, 0) is 6.54 Å². The first kappa shape index (κ1) is 17.5. The second-order valence-electron chi connectivity index (χ2n) is 7.22. The van der Waals surface area contributed by atoms with Gasteiger partial charge in [0.05, 0.1) is 5.52 Å². The van der Waals surface area contributed by atoms with E-state index in [1.807, 2.05) is 42.0 Å². The molecule has 0 bridgehead atoms. The predicted octanol–water partition coefficient (Wildman–Crippen LogP) is 5.84. The van der Waals surface area contributed by atoms with Crippen LogP contribution in [0.2, 0.25) is 0 Å². The molecule has 29 heavy (non-hydrogen) atoms. The number of hydrogen-bond donors (Lipinski definition) is 0. The van der Waals surface area contributed by atoms with Crippen LogP contribution in [0.25, 0.3) is 33.4 Å². The van der Waals surface area contributed by atoms with Crippen LogP contribution >= 0.6 is 0 Å². The fourth-order valence-electron chi connectivity index (χ4n) is 3.66. The summed E-state index contributed by atoms with van der Waals surface area (Å²) in [5.74, 6) is -0.592. The Morgan fingerprint density at radius 1 is 0.793 bits per heavy atom. The highest BCUT2D eigenvalue weighted by Crippen LogP contribution is 2.37. The average molecular weight is 385 g/mol. The van der Waals surface area contributed by atoms with Gasteiger partial charge in [0.15, 0.2) is 0 Å². The molecule has 3 aromatic carbocycles. The molecule has 2 aliphatic heterocycles. The molecule has 3 aromatic rings. The molecule has 0 N–H and O–H groups in total. The molecule has 0 unspecified atom stereocenters. The summed E-state index contributed by atoms with van der Waals surface area (Å²) in [7, 11) is 0. The third kappa shape index (κ3) is 3.14. The third-order valence-electron chi connectivity index (χ3n) is 5.16. The summed E-state index contributed by atoms with van der Waals surface area (Å²) < 4.78 is 29.4. The van der Waals surface area contributed by atoms with Crippen LogP contribution in [0.1, 0.15) is 11.1 Å². The number of benzene rings is 3. The Labute approximate surface area is 166 Å². The highest BCUT2D eigenvalue weighted by Gasteiger charge is 2.20. The van der Waals surface area contributed by atoms with Crippen molar-refractivity contribution in [1.29, 1.82) is 0 Å². The van der Waals surface area contributed by atoms with Crippen LogP contribution in [0.3, 0.4) is 0 Å². The highest BCUT2D eigenvalue weighted by molar-refractivity contribution is 5.98. The first-order valence-electron chi connectivity index (χ1n) is 9.35. The van der Waals surface area contributed by atoms with Gasteiger partial charge >= 0.3 is 0 Å². The molecule has 0 aromatic heterocycles. The molecule has 0 saturated carbocycles. The highest BCUT2D eigenvalue weighted by atomic mass is 19.1. The molecule has 5 rings (SSSR count). The molecule has 0 amide bonds. The topological polar surface area (TPSA) is 30.7 Å². The zero-order valence-corrected chi connectivity index (χ0v) is 15.7. The van der Waals surface area contributed by atoms with Crippen LogP contribution in [0.4, 0.5) is 8.78 Å². The van der Waals surface area contributed by atoms with Crippen molar-refractivity contribution in [3.05, 3.63) is 95.7 Å². The van der Waals surface area contributed by atoms with Gasteiger partial charge in [0.1, 0.15) is 23.0 Å². The number of fused-ring (bicyclic) bond motifs is 3. The third-order valence-corrected chi connectivity index (χ3v) is 5.16. The van der Waals surface area contributed by atoms with Gasteiger partial charge in [0.2, 0.25) is 0 Å². The number of nitrogens with zero attached hydrogens (tertiary/aromatic N) is 3. The Morgan fingerprint density at radius 3 is 2.24 bits per heavy atom. The van der Waals surface area contributed by atoms with Crippen LogP contribution in [0, 0.1) is 18.6 Å². The summed E-state index contributed by atoms with van der Waals surface area (Å²) in [4.78, 5) is 0. The maximum Gasteiger partial charge on any atom is 0.124 e. The van der Waals surface area contributed by atoms with E-state index in [0.717, 1.165) is 33.5 Å². The van der Waals surface area contributed by atoms with Crippen LogP contribution in [0.15, 0.2) is 72.9 Å². The summed E-state index contributed by atoms with van der Waals surface area (Å²) in [6.07, 6.45) is 1.99. The molecule has 3 nitrogen and oxygen atoms in total. The lowest BCUT2D eigenvalue weighted by Gasteiger charge is -2.15. The van der Waals surface area contributed by atoms with Crippen molar-refractivity contribution in [3.8, 4) is 22.5 Å². The Kier molecular flexibility index (Phi) is 4.09. The molecule has 2 heterocycles. The van der Waals surface area contributed by atoms with Crippen molar-refractivity contribution in [3.63, 3.8) is 0 Å². The molecule has 0 aliphatic carbocycles. The Bertz CT molecular complexity index is 1290. The van der Waals surface area contributed by atoms with Crippen molar-refractivity contribution in [2.24, 2.45) is 0 Å². The lowest BCUT2D eigenvalue weighted by molar-refractivity contribution is 0.626. The fourth-order valence-corrected chi connectivity index (χ4v) is 3.66. The lowest BCUT2D eigenvalue weighted by atomic mass is 10.0. The summed E-state index contributed by atoms with van der Waals surface area (Å²) in [6, 6.07) is 19.2. The lowest BCUT2D eigenvalue weighted by Crippen LogP contribution is -2.04. The second kappa shape index (κ2) is 6.78. The summed E-state index contributed by atoms with van der Waals surface area (Å²) in [6.45, 7) is 2.56. The molecular formula is C24H17F2N3. The van der Waals surface area contributed by atoms with E-state index < -0.39 is 0 Å².